The Balaban J connectivity index is 0.000000268. The van der Waals surface area contributed by atoms with Crippen LogP contribution in [0, 0.1) is 0 Å². The molecule has 0 unspecified atom stereocenters. The molecule has 3 aliphatic rings. The summed E-state index contributed by atoms with van der Waals surface area (Å²) >= 11 is 0. The third kappa shape index (κ3) is 12.3. The summed E-state index contributed by atoms with van der Waals surface area (Å²) in [5, 5.41) is 0. The van der Waals surface area contributed by atoms with E-state index in [-0.39, 0.29) is 39.0 Å². The van der Waals surface area contributed by atoms with Gasteiger partial charge in [0.2, 0.25) is 7.44 Å². The molecule has 66 heavy (non-hydrogen) atoms. The molecule has 2 N–H and O–H groups in total. The van der Waals surface area contributed by atoms with Crippen LogP contribution in [0.1, 0.15) is 56.4 Å². The summed E-state index contributed by atoms with van der Waals surface area (Å²) in [4.78, 5) is 10.6. The number of nitrogens with zero attached hydrogens (tertiary/aromatic N) is 6. The number of ether oxygens (including phenoxy) is 2. The number of hydrogen-bond donors (Lipinski definition) is 2. The maximum atomic E-state index is 13.6. The molecule has 3 fully saturated rings. The van der Waals surface area contributed by atoms with Crippen LogP contribution in [0.2, 0.25) is 0 Å². The van der Waals surface area contributed by atoms with Crippen molar-refractivity contribution in [3.8, 4) is 11.5 Å². The van der Waals surface area contributed by atoms with E-state index in [2.05, 4.69) is 50.9 Å². The van der Waals surface area contributed by atoms with Crippen LogP contribution in [0.4, 0.5) is 35.9 Å². The summed E-state index contributed by atoms with van der Waals surface area (Å²) in [6.07, 6.45) is 0. The zero-order valence-corrected chi connectivity index (χ0v) is 41.0. The molecular weight excluding hydrogens is 937 g/mol. The summed E-state index contributed by atoms with van der Waals surface area (Å²) in [5.41, 5.74) is -3.47. The number of hydrogen-bond acceptors (Lipinski definition) is 7. The zero-order valence-electron chi connectivity index (χ0n) is 37.5. The van der Waals surface area contributed by atoms with Crippen LogP contribution in [0.3, 0.4) is 0 Å². The van der Waals surface area contributed by atoms with E-state index in [1.54, 1.807) is 123 Å². The van der Waals surface area contributed by atoms with Gasteiger partial charge in [-0.1, -0.05) is 51.3 Å². The van der Waals surface area contributed by atoms with E-state index >= 15 is 0 Å². The van der Waals surface area contributed by atoms with Gasteiger partial charge in [-0.3, -0.25) is 27.8 Å². The number of nitrogens with one attached hydrogen (secondary N) is 1. The lowest BCUT2D eigenvalue weighted by Crippen LogP contribution is -2.40. The van der Waals surface area contributed by atoms with Crippen LogP contribution in [0.5, 0.6) is 11.5 Å². The second-order valence-corrected chi connectivity index (χ2v) is 26.0. The first kappa shape index (κ1) is 56.3. The Kier molecular flexibility index (Phi) is 18.3. The normalized spacial score (nSPS) is 18.3. The molecule has 3 saturated heterocycles. The van der Waals surface area contributed by atoms with Crippen LogP contribution in [0.25, 0.3) is 0 Å². The lowest BCUT2D eigenvalue weighted by Gasteiger charge is -2.40. The molecule has 0 spiro atoms. The Bertz CT molecular complexity index is 2310. The number of anilines is 4. The molecule has 0 atom stereocenters. The molecule has 368 valence electrons. The van der Waals surface area contributed by atoms with Gasteiger partial charge in [0.1, 0.15) is 11.5 Å². The van der Waals surface area contributed by atoms with Gasteiger partial charge < -0.3 is 14.4 Å². The highest BCUT2D eigenvalue weighted by atomic mass is 32.2. The lowest BCUT2D eigenvalue weighted by atomic mass is 10.1. The number of alkyl halides is 3. The molecule has 0 bridgehead atoms. The maximum absolute atomic E-state index is 13.6. The van der Waals surface area contributed by atoms with Gasteiger partial charge in [0.05, 0.1) is 14.2 Å². The van der Waals surface area contributed by atoms with E-state index in [4.69, 9.17) is 9.47 Å². The second-order valence-electron chi connectivity index (χ2n) is 17.1. The van der Waals surface area contributed by atoms with Crippen molar-refractivity contribution in [1.29, 1.82) is 0 Å². The van der Waals surface area contributed by atoms with Crippen LogP contribution in [-0.2, 0) is 23.7 Å². The van der Waals surface area contributed by atoms with Gasteiger partial charge in [0.15, 0.2) is 0 Å². The number of halogens is 3. The average Bonchev–Trinajstić information content (AvgIpc) is 3.86. The summed E-state index contributed by atoms with van der Waals surface area (Å²) < 4.78 is 123. The van der Waals surface area contributed by atoms with Crippen molar-refractivity contribution >= 4 is 55.5 Å². The van der Waals surface area contributed by atoms with Crippen LogP contribution < -0.4 is 32.6 Å². The van der Waals surface area contributed by atoms with Gasteiger partial charge in [0.25, 0.3) is 0 Å². The third-order valence-corrected chi connectivity index (χ3v) is 20.9. The van der Waals surface area contributed by atoms with Gasteiger partial charge in [0, 0.05) is 79.8 Å². The highest BCUT2D eigenvalue weighted by Crippen LogP contribution is 2.60. The summed E-state index contributed by atoms with van der Waals surface area (Å²) in [6.45, 7) is 17.7. The monoisotopic (exact) mass is 1000 g/mol. The van der Waals surface area contributed by atoms with E-state index in [1.807, 2.05) is 6.66 Å². The van der Waals surface area contributed by atoms with Gasteiger partial charge in [-0.15, -0.1) is 4.49 Å². The SMILES string of the molecule is C.C.CC(C)(C)N1CCN(C(C)(C)C)P1(C)=O.COc1ccc(N2CCN(c3ccc(OC)cc3)P2(=O)O)cc1.O=P1(NS(=O)(=O)C(F)(F)F)N(c2ccccc2)CCN1c1ccccc1. The number of sulfonamides is 1. The first-order valence-electron chi connectivity index (χ1n) is 20.4. The topological polar surface area (TPSA) is 156 Å². The molecule has 3 heterocycles. The van der Waals surface area contributed by atoms with Crippen molar-refractivity contribution in [2.24, 2.45) is 0 Å². The molecule has 0 amide bonds. The predicted octanol–water partition coefficient (Wildman–Crippen LogP) is 11.0. The molecule has 3 aliphatic heterocycles. The predicted molar refractivity (Wildman–Crippen MR) is 264 cm³/mol. The molecular formula is C44H67F3N7O8P3S. The largest absolute Gasteiger partial charge is 0.511 e. The van der Waals surface area contributed by atoms with Gasteiger partial charge in [-0.2, -0.15) is 13.2 Å². The van der Waals surface area contributed by atoms with Crippen molar-refractivity contribution in [2.75, 3.05) is 78.8 Å². The van der Waals surface area contributed by atoms with E-state index in [0.717, 1.165) is 13.1 Å². The van der Waals surface area contributed by atoms with Gasteiger partial charge in [-0.25, -0.2) is 22.3 Å². The molecule has 0 saturated carbocycles. The third-order valence-electron chi connectivity index (χ3n) is 10.7. The Morgan fingerprint density at radius 3 is 1.12 bits per heavy atom. The summed E-state index contributed by atoms with van der Waals surface area (Å²) in [5.74, 6) is 1.43. The Hall–Kier alpha value is -4.05. The Morgan fingerprint density at radius 1 is 0.545 bits per heavy atom. The molecule has 4 aromatic rings. The standard InChI is InChI=1S/C16H19N2O4P.C15H15F3N3O3PS.C11H25N2OP.2CH4/c1-21-15-7-3-13(4-8-15)17-11-12-18(23(17,19)20)14-5-9-16(22-2)10-6-14;16-15(17,18)26(23,24)19-25(22)20(13-7-3-1-4-8-13)11-12-21(25)14-9-5-2-6-10-14;1-10(2,3)12-8-9-13(11(4,5)6)15(12,7)14;;/h3-10H,11-12H2,1-2H3,(H,19,20);1-10H,11-12H2,(H,19,22);8-9H2,1-7H3;2*1H4. The minimum absolute atomic E-state index is 0. The van der Waals surface area contributed by atoms with Gasteiger partial charge in [-0.05, 0) is 114 Å². The van der Waals surface area contributed by atoms with Crippen molar-refractivity contribution in [3.05, 3.63) is 109 Å². The zero-order chi connectivity index (χ0) is 47.5. The van der Waals surface area contributed by atoms with E-state index < -0.39 is 38.2 Å². The average molecular weight is 1000 g/mol. The molecule has 15 nitrogen and oxygen atoms in total. The van der Waals surface area contributed by atoms with Crippen LogP contribution in [-0.4, -0.2) is 99.4 Å². The lowest BCUT2D eigenvalue weighted by molar-refractivity contribution is -0.0441. The maximum Gasteiger partial charge on any atom is 0.511 e. The Morgan fingerprint density at radius 2 is 0.848 bits per heavy atom. The summed E-state index contributed by atoms with van der Waals surface area (Å²) in [6, 6.07) is 30.4. The van der Waals surface area contributed by atoms with E-state index in [0.29, 0.717) is 47.3 Å². The highest BCUT2D eigenvalue weighted by Gasteiger charge is 2.55. The van der Waals surface area contributed by atoms with Crippen LogP contribution >= 0.6 is 22.7 Å². The molecule has 7 rings (SSSR count). The van der Waals surface area contributed by atoms with Crippen molar-refractivity contribution in [1.82, 2.24) is 13.8 Å². The first-order valence-corrected chi connectivity index (χ1v) is 27.1. The van der Waals surface area contributed by atoms with Crippen molar-refractivity contribution < 1.29 is 49.7 Å². The minimum atomic E-state index is -5.82. The van der Waals surface area contributed by atoms with E-state index in [1.165, 1.54) is 23.2 Å². The number of rotatable bonds is 8. The molecule has 22 heteroatoms. The quantitative estimate of drug-likeness (QED) is 0.161. The highest BCUT2D eigenvalue weighted by molar-refractivity contribution is 7.97. The Labute approximate surface area is 390 Å². The molecule has 0 aliphatic carbocycles. The number of benzene rings is 4. The van der Waals surface area contributed by atoms with Crippen LogP contribution in [0.15, 0.2) is 109 Å². The molecule has 0 aromatic heterocycles. The number of para-hydroxylation sites is 2. The fourth-order valence-corrected chi connectivity index (χ4v) is 17.4. The summed E-state index contributed by atoms with van der Waals surface area (Å²) in [7, 11) is -13.0. The van der Waals surface area contributed by atoms with Crippen molar-refractivity contribution in [2.45, 2.75) is 73.0 Å². The van der Waals surface area contributed by atoms with Crippen molar-refractivity contribution in [3.63, 3.8) is 0 Å². The van der Waals surface area contributed by atoms with E-state index in [9.17, 15) is 40.2 Å². The fourth-order valence-electron chi connectivity index (χ4n) is 7.79. The molecule has 0 radical (unpaired) electrons. The fraction of sp³-hybridized carbons (Fsp3) is 0.455. The number of methoxy groups -OCH3 is 2. The first-order chi connectivity index (χ1) is 29.7. The second kappa shape index (κ2) is 21.5. The molecule has 4 aromatic carbocycles. The van der Waals surface area contributed by atoms with Gasteiger partial charge >= 0.3 is 30.8 Å². The minimum Gasteiger partial charge on any atom is -0.497 e. The smallest absolute Gasteiger partial charge is 0.497 e.